The Hall–Kier alpha value is -8.26. The van der Waals surface area contributed by atoms with Crippen LogP contribution < -0.4 is 18.9 Å². The molecule has 0 fully saturated rings. The molecule has 0 aliphatic rings. The smallest absolute Gasteiger partial charge is 0.338 e. The third kappa shape index (κ3) is 22.4. The summed E-state index contributed by atoms with van der Waals surface area (Å²) in [6.07, 6.45) is 4.95. The normalized spacial score (nSPS) is 10.2. The molecule has 4 aromatic rings. The van der Waals surface area contributed by atoms with E-state index in [9.17, 15) is 28.8 Å². The third-order valence-electron chi connectivity index (χ3n) is 10.2. The number of hydrogen-bond donors (Lipinski definition) is 0. The maximum absolute atomic E-state index is 11.8. The lowest BCUT2D eigenvalue weighted by Gasteiger charge is -2.13. The molecule has 0 amide bonds. The Morgan fingerprint density at radius 2 is 0.635 bits per heavy atom. The van der Waals surface area contributed by atoms with Gasteiger partial charge in [-0.1, -0.05) is 81.9 Å². The lowest BCUT2D eigenvalue weighted by Crippen LogP contribution is -2.13. The van der Waals surface area contributed by atoms with Crippen LogP contribution in [0, 0.1) is 0 Å². The lowest BCUT2D eigenvalue weighted by atomic mass is 9.95. The maximum Gasteiger partial charge on any atom is 0.338 e. The van der Waals surface area contributed by atoms with Gasteiger partial charge in [-0.25, -0.2) is 28.8 Å². The Morgan fingerprint density at radius 1 is 0.324 bits per heavy atom. The van der Waals surface area contributed by atoms with Crippen molar-refractivity contribution in [3.63, 3.8) is 0 Å². The van der Waals surface area contributed by atoms with Gasteiger partial charge in [0.05, 0.1) is 13.2 Å². The van der Waals surface area contributed by atoms with Gasteiger partial charge in [0, 0.05) is 39.5 Å². The zero-order valence-electron chi connectivity index (χ0n) is 43.5. The zero-order chi connectivity index (χ0) is 54.7. The first-order chi connectivity index (χ1) is 35.1. The van der Waals surface area contributed by atoms with Gasteiger partial charge in [-0.05, 0) is 150 Å². The summed E-state index contributed by atoms with van der Waals surface area (Å²) in [7, 11) is 0. The molecular weight excluding hydrogens is 945 g/mol. The Balaban J connectivity index is 0.000000391. The van der Waals surface area contributed by atoms with Gasteiger partial charge in [-0.2, -0.15) is 0 Å². The molecular formula is C60H68O14. The van der Waals surface area contributed by atoms with Crippen molar-refractivity contribution in [1.82, 2.24) is 0 Å². The van der Waals surface area contributed by atoms with Crippen LogP contribution in [0.4, 0.5) is 0 Å². The molecule has 4 aromatic carbocycles. The minimum absolute atomic E-state index is 0.0474. The third-order valence-corrected chi connectivity index (χ3v) is 10.2. The van der Waals surface area contributed by atoms with Crippen molar-refractivity contribution in [3.05, 3.63) is 169 Å². The largest absolute Gasteiger partial charge is 0.490 e. The minimum Gasteiger partial charge on any atom is -0.490 e. The fourth-order valence-electron chi connectivity index (χ4n) is 6.21. The van der Waals surface area contributed by atoms with E-state index in [-0.39, 0.29) is 38.4 Å². The van der Waals surface area contributed by atoms with E-state index in [0.717, 1.165) is 60.8 Å². The molecule has 0 aliphatic carbocycles. The topological polar surface area (TPSA) is 176 Å². The maximum atomic E-state index is 11.8. The van der Waals surface area contributed by atoms with E-state index in [1.165, 1.54) is 11.1 Å². The van der Waals surface area contributed by atoms with Crippen molar-refractivity contribution in [2.75, 3.05) is 39.6 Å². The van der Waals surface area contributed by atoms with Crippen LogP contribution in [0.2, 0.25) is 0 Å². The average Bonchev–Trinajstić information content (AvgIpc) is 3.36. The molecule has 0 unspecified atom stereocenters. The highest BCUT2D eigenvalue weighted by molar-refractivity contribution is 5.90. The van der Waals surface area contributed by atoms with Gasteiger partial charge in [0.15, 0.2) is 0 Å². The van der Waals surface area contributed by atoms with Crippen molar-refractivity contribution in [3.8, 4) is 45.3 Å². The predicted octanol–water partition coefficient (Wildman–Crippen LogP) is 11.6. The Kier molecular flexibility index (Phi) is 25.4. The summed E-state index contributed by atoms with van der Waals surface area (Å²) in [6.45, 7) is 32.1. The molecule has 0 saturated carbocycles. The summed E-state index contributed by atoms with van der Waals surface area (Å²) in [6, 6.07) is 26.1. The van der Waals surface area contributed by atoms with Gasteiger partial charge in [-0.15, -0.1) is 0 Å². The van der Waals surface area contributed by atoms with Crippen molar-refractivity contribution in [1.29, 1.82) is 0 Å². The summed E-state index contributed by atoms with van der Waals surface area (Å²) in [5, 5.41) is 0. The molecule has 0 aromatic heterocycles. The number of hydrogen-bond acceptors (Lipinski definition) is 14. The Labute approximate surface area is 434 Å². The molecule has 0 bridgehead atoms. The van der Waals surface area contributed by atoms with Crippen LogP contribution >= 0.6 is 0 Å². The molecule has 392 valence electrons. The van der Waals surface area contributed by atoms with Gasteiger partial charge in [0.2, 0.25) is 0 Å². The van der Waals surface area contributed by atoms with Crippen LogP contribution in [0.25, 0.3) is 22.3 Å². The van der Waals surface area contributed by atoms with Crippen LogP contribution in [0.1, 0.15) is 78.4 Å². The van der Waals surface area contributed by atoms with E-state index in [1.807, 2.05) is 12.1 Å². The van der Waals surface area contributed by atoms with E-state index in [2.05, 4.69) is 57.7 Å². The zero-order valence-corrected chi connectivity index (χ0v) is 43.5. The van der Waals surface area contributed by atoms with Crippen LogP contribution in [0.15, 0.2) is 158 Å². The van der Waals surface area contributed by atoms with Crippen molar-refractivity contribution in [2.45, 2.75) is 80.1 Å². The summed E-state index contributed by atoms with van der Waals surface area (Å²) in [5.41, 5.74) is 8.08. The summed E-state index contributed by atoms with van der Waals surface area (Å²) >= 11 is 0. The quantitative estimate of drug-likeness (QED) is 0.0173. The molecule has 0 saturated heterocycles. The molecule has 0 spiro atoms. The van der Waals surface area contributed by atoms with E-state index < -0.39 is 23.9 Å². The Bertz CT molecular complexity index is 2580. The molecule has 14 nitrogen and oxygen atoms in total. The van der Waals surface area contributed by atoms with Crippen molar-refractivity contribution < 1.29 is 66.7 Å². The van der Waals surface area contributed by atoms with E-state index in [4.69, 9.17) is 37.9 Å². The van der Waals surface area contributed by atoms with E-state index in [1.54, 1.807) is 96.1 Å². The summed E-state index contributed by atoms with van der Waals surface area (Å²) in [5.74, 6) is -0.863. The highest BCUT2D eigenvalue weighted by atomic mass is 16.6. The molecule has 0 N–H and O–H groups in total. The number of esters is 6. The molecule has 0 aliphatic heterocycles. The van der Waals surface area contributed by atoms with Crippen molar-refractivity contribution >= 4 is 35.8 Å². The molecule has 74 heavy (non-hydrogen) atoms. The van der Waals surface area contributed by atoms with Gasteiger partial charge < -0.3 is 37.9 Å². The lowest BCUT2D eigenvalue weighted by molar-refractivity contribution is -0.140. The van der Waals surface area contributed by atoms with Crippen molar-refractivity contribution in [2.24, 2.45) is 0 Å². The first-order valence-electron chi connectivity index (χ1n) is 23.9. The number of unbranched alkanes of at least 4 members (excludes halogenated alkanes) is 2. The number of benzene rings is 4. The van der Waals surface area contributed by atoms with Crippen LogP contribution in [-0.4, -0.2) is 75.5 Å². The molecule has 14 heteroatoms. The highest BCUT2D eigenvalue weighted by Crippen LogP contribution is 2.32. The summed E-state index contributed by atoms with van der Waals surface area (Å²) in [4.78, 5) is 69.8. The number of ether oxygens (including phenoxy) is 8. The van der Waals surface area contributed by atoms with E-state index in [0.29, 0.717) is 69.7 Å². The number of aryl methyl sites for hydroxylation is 2. The van der Waals surface area contributed by atoms with Gasteiger partial charge in [0.25, 0.3) is 0 Å². The van der Waals surface area contributed by atoms with Gasteiger partial charge in [-0.3, -0.25) is 0 Å². The Morgan fingerprint density at radius 3 is 0.959 bits per heavy atom. The monoisotopic (exact) mass is 1010 g/mol. The fraction of sp³-hybridized carbons (Fsp3) is 0.300. The molecule has 0 radical (unpaired) electrons. The second-order valence-electron chi connectivity index (χ2n) is 17.4. The predicted molar refractivity (Wildman–Crippen MR) is 285 cm³/mol. The van der Waals surface area contributed by atoms with Gasteiger partial charge >= 0.3 is 35.8 Å². The number of carbonyl (C=O) groups excluding carboxylic acids is 6. The van der Waals surface area contributed by atoms with Crippen LogP contribution in [0.5, 0.6) is 23.0 Å². The highest BCUT2D eigenvalue weighted by Gasteiger charge is 2.13. The second-order valence-corrected chi connectivity index (χ2v) is 17.4. The SMILES string of the molecule is C=C(C)C(=O)OCCCCc1cc(CCCCOC(=O)C(=C)C)cc(-c2ccc(OC(=O)C(=C)C)cc2)c1.C=C(C)C(=O)OCCOc1cc(OCCOC(=O)C(=C)C)cc(-c2ccc(OC(=O)C(=C)C)cc2)c1. The first-order valence-corrected chi connectivity index (χ1v) is 23.9. The molecule has 0 atom stereocenters. The standard InChI is InChI=1S/C32H38O6.C28H30O8/c1-22(2)30(33)36-17-9-7-11-25-19-26(12-8-10-18-37-31(34)23(3)4)21-28(20-25)27-13-15-29(16-14-27)38-32(35)24(5)6;1-18(2)26(29)34-13-11-32-24-15-22(16-25(17-24)33-12-14-35-27(30)19(3)4)21-7-9-23(10-8-21)36-28(31)20(5)6/h13-16,19-21H,1,3,5,7-12,17-18H2,2,4,6H3;7-10,15-17H,1,3,5,11-14H2,2,4,6H3. The second kappa shape index (κ2) is 31.3. The fourth-order valence-corrected chi connectivity index (χ4v) is 6.21. The summed E-state index contributed by atoms with van der Waals surface area (Å²) < 4.78 is 42.6. The number of rotatable bonds is 28. The van der Waals surface area contributed by atoms with Gasteiger partial charge in [0.1, 0.15) is 49.4 Å². The molecule has 0 heterocycles. The van der Waals surface area contributed by atoms with E-state index >= 15 is 0 Å². The average molecular weight is 1010 g/mol. The molecule has 4 rings (SSSR count). The first kappa shape index (κ1) is 60.0. The number of carbonyl (C=O) groups is 6. The van der Waals surface area contributed by atoms with Crippen LogP contribution in [-0.2, 0) is 60.6 Å². The minimum atomic E-state index is -0.506. The van der Waals surface area contributed by atoms with Crippen LogP contribution in [0.3, 0.4) is 0 Å².